The summed E-state index contributed by atoms with van der Waals surface area (Å²) < 4.78 is 0. The molecular formula is C20H20N2O3S. The lowest BCUT2D eigenvalue weighted by atomic mass is 9.93. The summed E-state index contributed by atoms with van der Waals surface area (Å²) in [6.45, 7) is 0.506. The topological polar surface area (TPSA) is 66.5 Å². The van der Waals surface area contributed by atoms with Crippen molar-refractivity contribution in [3.63, 3.8) is 0 Å². The summed E-state index contributed by atoms with van der Waals surface area (Å²) in [4.78, 5) is 38.5. The summed E-state index contributed by atoms with van der Waals surface area (Å²) in [5.74, 6) is 0.679. The fourth-order valence-electron chi connectivity index (χ4n) is 3.90. The smallest absolute Gasteiger partial charge is 0.293 e. The van der Waals surface area contributed by atoms with Crippen molar-refractivity contribution in [3.8, 4) is 0 Å². The van der Waals surface area contributed by atoms with Crippen LogP contribution in [-0.2, 0) is 9.59 Å². The van der Waals surface area contributed by atoms with Gasteiger partial charge in [0, 0.05) is 19.0 Å². The van der Waals surface area contributed by atoms with Crippen LogP contribution in [0.25, 0.3) is 6.08 Å². The van der Waals surface area contributed by atoms with Crippen molar-refractivity contribution in [1.29, 1.82) is 0 Å². The van der Waals surface area contributed by atoms with Crippen LogP contribution in [0.4, 0.5) is 4.79 Å². The van der Waals surface area contributed by atoms with E-state index in [-0.39, 0.29) is 29.5 Å². The van der Waals surface area contributed by atoms with E-state index in [9.17, 15) is 14.4 Å². The van der Waals surface area contributed by atoms with E-state index >= 15 is 0 Å². The summed E-state index contributed by atoms with van der Waals surface area (Å²) in [7, 11) is 0. The Morgan fingerprint density at radius 3 is 2.69 bits per heavy atom. The van der Waals surface area contributed by atoms with E-state index in [0.717, 1.165) is 30.2 Å². The van der Waals surface area contributed by atoms with Crippen molar-refractivity contribution in [3.05, 3.63) is 53.0 Å². The first-order valence-electron chi connectivity index (χ1n) is 8.88. The Hall–Kier alpha value is -2.34. The summed E-state index contributed by atoms with van der Waals surface area (Å²) in [6, 6.07) is 9.45. The summed E-state index contributed by atoms with van der Waals surface area (Å²) in [5.41, 5.74) is 0.885. The molecule has 2 aliphatic carbocycles. The number of amides is 3. The number of hydrogen-bond donors (Lipinski definition) is 1. The van der Waals surface area contributed by atoms with Gasteiger partial charge in [-0.05, 0) is 48.1 Å². The summed E-state index contributed by atoms with van der Waals surface area (Å²) in [6.07, 6.45) is 8.06. The normalized spacial score (nSPS) is 28.4. The minimum Gasteiger partial charge on any atom is -0.354 e. The highest BCUT2D eigenvalue weighted by Gasteiger charge is 2.40. The molecule has 3 aliphatic rings. The number of benzene rings is 1. The molecule has 3 atom stereocenters. The van der Waals surface area contributed by atoms with E-state index in [1.54, 1.807) is 6.08 Å². The lowest BCUT2D eigenvalue weighted by Crippen LogP contribution is -2.40. The van der Waals surface area contributed by atoms with E-state index in [0.29, 0.717) is 23.3 Å². The molecule has 3 amide bonds. The predicted octanol–water partition coefficient (Wildman–Crippen LogP) is 3.05. The van der Waals surface area contributed by atoms with Gasteiger partial charge in [-0.25, -0.2) is 0 Å². The summed E-state index contributed by atoms with van der Waals surface area (Å²) in [5, 5.41) is 2.61. The van der Waals surface area contributed by atoms with Crippen LogP contribution >= 0.6 is 11.8 Å². The van der Waals surface area contributed by atoms with Crippen molar-refractivity contribution in [2.24, 2.45) is 17.8 Å². The van der Waals surface area contributed by atoms with Gasteiger partial charge in [0.25, 0.3) is 11.1 Å². The van der Waals surface area contributed by atoms with Gasteiger partial charge in [0.05, 0.1) is 4.91 Å². The second-order valence-corrected chi connectivity index (χ2v) is 7.91. The Balaban J connectivity index is 1.31. The van der Waals surface area contributed by atoms with Crippen LogP contribution in [0.1, 0.15) is 18.4 Å². The van der Waals surface area contributed by atoms with E-state index in [1.807, 2.05) is 30.3 Å². The van der Waals surface area contributed by atoms with Crippen LogP contribution in [-0.4, -0.2) is 35.0 Å². The third-order valence-electron chi connectivity index (χ3n) is 5.22. The number of hydrogen-bond acceptors (Lipinski definition) is 4. The first-order valence-corrected chi connectivity index (χ1v) is 9.70. The Morgan fingerprint density at radius 2 is 2.00 bits per heavy atom. The number of fused-ring (bicyclic) bond motifs is 2. The molecule has 0 aromatic heterocycles. The van der Waals surface area contributed by atoms with E-state index in [1.165, 1.54) is 4.90 Å². The van der Waals surface area contributed by atoms with Crippen LogP contribution in [0.15, 0.2) is 47.4 Å². The minimum atomic E-state index is -0.291. The number of carbonyl (C=O) groups excluding carboxylic acids is 3. The van der Waals surface area contributed by atoms with Gasteiger partial charge in [-0.3, -0.25) is 19.3 Å². The van der Waals surface area contributed by atoms with Crippen molar-refractivity contribution >= 4 is 34.9 Å². The Morgan fingerprint density at radius 1 is 1.19 bits per heavy atom. The molecule has 0 spiro atoms. The fourth-order valence-corrected chi connectivity index (χ4v) is 4.76. The maximum Gasteiger partial charge on any atom is 0.293 e. The Labute approximate surface area is 156 Å². The van der Waals surface area contributed by atoms with E-state index in [2.05, 4.69) is 17.5 Å². The molecule has 5 nitrogen and oxygen atoms in total. The zero-order chi connectivity index (χ0) is 18.1. The maximum absolute atomic E-state index is 12.5. The van der Waals surface area contributed by atoms with Crippen LogP contribution in [0.5, 0.6) is 0 Å². The van der Waals surface area contributed by atoms with Crippen LogP contribution < -0.4 is 5.32 Å². The Bertz CT molecular complexity index is 803. The van der Waals surface area contributed by atoms with Gasteiger partial charge < -0.3 is 5.32 Å². The molecule has 0 radical (unpaired) electrons. The molecule has 1 aromatic rings. The largest absolute Gasteiger partial charge is 0.354 e. The monoisotopic (exact) mass is 368 g/mol. The molecule has 134 valence electrons. The minimum absolute atomic E-state index is 0.0358. The molecular weight excluding hydrogens is 348 g/mol. The molecule has 1 aromatic carbocycles. The molecule has 1 heterocycles. The van der Waals surface area contributed by atoms with Gasteiger partial charge in [0.2, 0.25) is 5.91 Å². The molecule has 0 unspecified atom stereocenters. The third kappa shape index (κ3) is 3.33. The lowest BCUT2D eigenvalue weighted by Gasteiger charge is -2.19. The summed E-state index contributed by atoms with van der Waals surface area (Å²) >= 11 is 0.947. The predicted molar refractivity (Wildman–Crippen MR) is 101 cm³/mol. The second-order valence-electron chi connectivity index (χ2n) is 6.92. The number of carbonyl (C=O) groups is 3. The average Bonchev–Trinajstić information content (AvgIpc) is 3.34. The highest BCUT2D eigenvalue weighted by Crippen LogP contribution is 2.43. The first kappa shape index (κ1) is 17.1. The van der Waals surface area contributed by atoms with Crippen LogP contribution in [0, 0.1) is 17.8 Å². The number of nitrogens with zero attached hydrogens (tertiary/aromatic N) is 1. The number of imide groups is 1. The maximum atomic E-state index is 12.5. The molecule has 1 saturated carbocycles. The Kier molecular flexibility index (Phi) is 4.68. The van der Waals surface area contributed by atoms with Gasteiger partial charge >= 0.3 is 0 Å². The second kappa shape index (κ2) is 7.11. The molecule has 1 N–H and O–H groups in total. The number of nitrogens with one attached hydrogen (secondary N) is 1. The van der Waals surface area contributed by atoms with E-state index in [4.69, 9.17) is 0 Å². The molecule has 2 fully saturated rings. The molecule has 6 heteroatoms. The highest BCUT2D eigenvalue weighted by molar-refractivity contribution is 8.18. The van der Waals surface area contributed by atoms with Crippen LogP contribution in [0.3, 0.4) is 0 Å². The quantitative estimate of drug-likeness (QED) is 0.641. The van der Waals surface area contributed by atoms with Gasteiger partial charge in [0.15, 0.2) is 0 Å². The number of rotatable bonds is 5. The van der Waals surface area contributed by atoms with Crippen molar-refractivity contribution in [1.82, 2.24) is 10.2 Å². The van der Waals surface area contributed by atoms with Gasteiger partial charge in [-0.1, -0.05) is 42.5 Å². The SMILES string of the molecule is O=C(NCCN1C(=O)S/C(=C\c2ccccc2)C1=O)[C@H]1C[C@H]2C=C[C@H]1C2. The van der Waals surface area contributed by atoms with Gasteiger partial charge in [-0.15, -0.1) is 0 Å². The number of thioether (sulfide) groups is 1. The average molecular weight is 368 g/mol. The first-order chi connectivity index (χ1) is 12.6. The molecule has 2 bridgehead atoms. The van der Waals surface area contributed by atoms with Crippen molar-refractivity contribution in [2.75, 3.05) is 13.1 Å². The zero-order valence-corrected chi connectivity index (χ0v) is 15.1. The van der Waals surface area contributed by atoms with Gasteiger partial charge in [0.1, 0.15) is 0 Å². The van der Waals surface area contributed by atoms with Crippen molar-refractivity contribution < 1.29 is 14.4 Å². The molecule has 1 saturated heterocycles. The zero-order valence-electron chi connectivity index (χ0n) is 14.3. The molecule has 1 aliphatic heterocycles. The lowest BCUT2D eigenvalue weighted by molar-refractivity contribution is -0.127. The number of allylic oxidation sites excluding steroid dienone is 2. The standard InChI is InChI=1S/C20H20N2O3S/c23-18(16-11-14-6-7-15(16)10-14)21-8-9-22-19(24)17(26-20(22)25)12-13-4-2-1-3-5-13/h1-7,12,14-16H,8-11H2,(H,21,23)/b17-12-/t14-,15-,16-/m0/s1. The third-order valence-corrected chi connectivity index (χ3v) is 6.13. The van der Waals surface area contributed by atoms with Crippen molar-refractivity contribution in [2.45, 2.75) is 12.8 Å². The van der Waals surface area contributed by atoms with Crippen LogP contribution in [0.2, 0.25) is 0 Å². The van der Waals surface area contributed by atoms with E-state index < -0.39 is 0 Å². The van der Waals surface area contributed by atoms with Gasteiger partial charge in [-0.2, -0.15) is 0 Å². The molecule has 4 rings (SSSR count). The highest BCUT2D eigenvalue weighted by atomic mass is 32.2. The fraction of sp³-hybridized carbons (Fsp3) is 0.350. The molecule has 26 heavy (non-hydrogen) atoms.